The first-order valence-corrected chi connectivity index (χ1v) is 15.3. The van der Waals surface area contributed by atoms with Gasteiger partial charge in [0.25, 0.3) is 0 Å². The molecule has 0 fully saturated rings. The molecule has 0 aliphatic carbocycles. The van der Waals surface area contributed by atoms with Gasteiger partial charge in [0.2, 0.25) is 0 Å². The first-order chi connectivity index (χ1) is 15.5. The zero-order chi connectivity index (χ0) is 22.9. The Balaban J connectivity index is 1.90. The summed E-state index contributed by atoms with van der Waals surface area (Å²) in [6.07, 6.45) is 11.2. The summed E-state index contributed by atoms with van der Waals surface area (Å²) in [5.74, 6) is 0.870. The summed E-state index contributed by atoms with van der Waals surface area (Å²) in [6.45, 7) is 11.2. The van der Waals surface area contributed by atoms with Crippen LogP contribution in [0.2, 0.25) is 13.1 Å². The minimum Gasteiger partial charge on any atom is -0.469 e. The van der Waals surface area contributed by atoms with Gasteiger partial charge in [-0.05, 0) is 30.7 Å². The zero-order valence-electron chi connectivity index (χ0n) is 20.1. The van der Waals surface area contributed by atoms with Crippen LogP contribution in [0.1, 0.15) is 64.7 Å². The molecule has 172 valence electrons. The van der Waals surface area contributed by atoms with Gasteiger partial charge in [0.1, 0.15) is 11.3 Å². The van der Waals surface area contributed by atoms with Crippen molar-refractivity contribution in [1.29, 1.82) is 0 Å². The third-order valence-corrected chi connectivity index (χ3v) is 10.2. The molecule has 32 heavy (non-hydrogen) atoms. The molecular formula is C27H39N3OSi. The molecule has 1 atom stereocenters. The molecule has 5 heteroatoms. The fourth-order valence-electron chi connectivity index (χ4n) is 4.40. The Bertz CT molecular complexity index is 969. The number of aromatic nitrogens is 3. The van der Waals surface area contributed by atoms with Crippen LogP contribution < -0.4 is 4.74 Å². The smallest absolute Gasteiger partial charge is 0.189 e. The van der Waals surface area contributed by atoms with E-state index in [0.29, 0.717) is 0 Å². The molecule has 0 radical (unpaired) electrons. The highest BCUT2D eigenvalue weighted by molar-refractivity contribution is 6.83. The number of hydrogen-bond donors (Lipinski definition) is 0. The SMILES string of the molecule is C=C[Si](C)(C)C(CCCCCCCCCC)(Oc1ccccc1)n1nnc2ccccc21. The molecule has 1 aromatic heterocycles. The summed E-state index contributed by atoms with van der Waals surface area (Å²) in [5, 5.41) is 8.55. The number of fused-ring (bicyclic) bond motifs is 1. The van der Waals surface area contributed by atoms with Crippen LogP contribution in [-0.2, 0) is 5.35 Å². The van der Waals surface area contributed by atoms with E-state index in [-0.39, 0.29) is 0 Å². The van der Waals surface area contributed by atoms with E-state index in [9.17, 15) is 0 Å². The van der Waals surface area contributed by atoms with Crippen molar-refractivity contribution in [1.82, 2.24) is 15.0 Å². The third-order valence-electron chi connectivity index (χ3n) is 6.61. The predicted molar refractivity (Wildman–Crippen MR) is 137 cm³/mol. The highest BCUT2D eigenvalue weighted by Crippen LogP contribution is 2.39. The Kier molecular flexibility index (Phi) is 8.68. The lowest BCUT2D eigenvalue weighted by Crippen LogP contribution is -2.59. The molecule has 0 spiro atoms. The lowest BCUT2D eigenvalue weighted by molar-refractivity contribution is 0.0460. The fourth-order valence-corrected chi connectivity index (χ4v) is 6.64. The number of hydrogen-bond acceptors (Lipinski definition) is 3. The van der Waals surface area contributed by atoms with Crippen LogP contribution >= 0.6 is 0 Å². The number of ether oxygens (including phenoxy) is 1. The van der Waals surface area contributed by atoms with Crippen LogP contribution in [0.25, 0.3) is 11.0 Å². The summed E-state index contributed by atoms with van der Waals surface area (Å²) in [6, 6.07) is 18.3. The standard InChI is InChI=1S/C27H39N3OSi/c1-5-7-8-9-10-11-12-18-23-27(32(3,4)6-2,31-24-19-14-13-15-20-24)30-26-22-17-16-21-25(26)28-29-30/h6,13-17,19-22H,2,5,7-12,18,23H2,1,3-4H3. The first kappa shape index (κ1) is 24.2. The molecular weight excluding hydrogens is 410 g/mol. The lowest BCUT2D eigenvalue weighted by atomic mass is 10.1. The summed E-state index contributed by atoms with van der Waals surface area (Å²) < 4.78 is 8.98. The monoisotopic (exact) mass is 449 g/mol. The molecule has 2 aromatic carbocycles. The van der Waals surface area contributed by atoms with Gasteiger partial charge in [0, 0.05) is 6.42 Å². The molecule has 3 rings (SSSR count). The Hall–Kier alpha value is -2.40. The van der Waals surface area contributed by atoms with Crippen LogP contribution in [-0.4, -0.2) is 23.1 Å². The maximum atomic E-state index is 6.92. The average Bonchev–Trinajstić information content (AvgIpc) is 3.25. The molecule has 0 saturated carbocycles. The van der Waals surface area contributed by atoms with Gasteiger partial charge in [-0.3, -0.25) is 0 Å². The molecule has 3 aromatic rings. The van der Waals surface area contributed by atoms with Crippen molar-refractivity contribution in [3.05, 3.63) is 66.9 Å². The molecule has 0 saturated heterocycles. The van der Waals surface area contributed by atoms with Crippen molar-refractivity contribution < 1.29 is 4.74 Å². The Morgan fingerprint density at radius 2 is 1.53 bits per heavy atom. The number of rotatable bonds is 14. The van der Waals surface area contributed by atoms with Crippen molar-refractivity contribution in [3.8, 4) is 5.75 Å². The van der Waals surface area contributed by atoms with Crippen molar-refractivity contribution in [2.75, 3.05) is 0 Å². The number of para-hydroxylation sites is 2. The predicted octanol–water partition coefficient (Wildman–Crippen LogP) is 7.67. The highest BCUT2D eigenvalue weighted by Gasteiger charge is 2.50. The average molecular weight is 450 g/mol. The van der Waals surface area contributed by atoms with Gasteiger partial charge >= 0.3 is 0 Å². The molecule has 1 unspecified atom stereocenters. The summed E-state index contributed by atoms with van der Waals surface area (Å²) in [7, 11) is -2.15. The van der Waals surface area contributed by atoms with E-state index in [2.05, 4.69) is 53.4 Å². The summed E-state index contributed by atoms with van der Waals surface area (Å²) in [4.78, 5) is 0. The molecule has 1 heterocycles. The van der Waals surface area contributed by atoms with Gasteiger partial charge in [0.15, 0.2) is 13.4 Å². The second-order valence-corrected chi connectivity index (χ2v) is 14.0. The van der Waals surface area contributed by atoms with E-state index in [0.717, 1.165) is 29.6 Å². The van der Waals surface area contributed by atoms with Gasteiger partial charge in [-0.15, -0.1) is 11.7 Å². The van der Waals surface area contributed by atoms with E-state index < -0.39 is 13.4 Å². The Labute approximate surface area is 194 Å². The van der Waals surface area contributed by atoms with E-state index in [1.807, 2.05) is 48.5 Å². The number of unbranched alkanes of at least 4 members (excludes halogenated alkanes) is 7. The maximum absolute atomic E-state index is 6.92. The molecule has 0 bridgehead atoms. The second-order valence-electron chi connectivity index (χ2n) is 9.34. The second kappa shape index (κ2) is 11.5. The number of nitrogens with zero attached hydrogens (tertiary/aromatic N) is 3. The maximum Gasteiger partial charge on any atom is 0.189 e. The topological polar surface area (TPSA) is 39.9 Å². The molecule has 0 aliphatic rings. The molecule has 0 aliphatic heterocycles. The van der Waals surface area contributed by atoms with E-state index in [1.165, 1.54) is 44.9 Å². The first-order valence-electron chi connectivity index (χ1n) is 12.2. The largest absolute Gasteiger partial charge is 0.469 e. The van der Waals surface area contributed by atoms with Gasteiger partial charge < -0.3 is 4.74 Å². The van der Waals surface area contributed by atoms with Crippen molar-refractivity contribution in [2.24, 2.45) is 0 Å². The Morgan fingerprint density at radius 3 is 2.22 bits per heavy atom. The quantitative estimate of drug-likeness (QED) is 0.187. The van der Waals surface area contributed by atoms with E-state index in [1.54, 1.807) is 0 Å². The third kappa shape index (κ3) is 5.50. The highest BCUT2D eigenvalue weighted by atomic mass is 28.3. The molecule has 0 amide bonds. The van der Waals surface area contributed by atoms with Crippen LogP contribution in [0.3, 0.4) is 0 Å². The summed E-state index contributed by atoms with van der Waals surface area (Å²) >= 11 is 0. The van der Waals surface area contributed by atoms with Crippen molar-refractivity contribution in [3.63, 3.8) is 0 Å². The van der Waals surface area contributed by atoms with Crippen molar-refractivity contribution in [2.45, 2.75) is 83.2 Å². The van der Waals surface area contributed by atoms with Crippen LogP contribution in [0, 0.1) is 0 Å². The van der Waals surface area contributed by atoms with E-state index in [4.69, 9.17) is 4.74 Å². The zero-order valence-corrected chi connectivity index (χ0v) is 21.1. The molecule has 0 N–H and O–H groups in total. The minimum atomic E-state index is -2.15. The van der Waals surface area contributed by atoms with Gasteiger partial charge in [-0.25, -0.2) is 4.68 Å². The lowest BCUT2D eigenvalue weighted by Gasteiger charge is -2.44. The van der Waals surface area contributed by atoms with Gasteiger partial charge in [-0.2, -0.15) is 0 Å². The van der Waals surface area contributed by atoms with Gasteiger partial charge in [0.05, 0.1) is 5.52 Å². The van der Waals surface area contributed by atoms with Crippen molar-refractivity contribution >= 4 is 19.1 Å². The van der Waals surface area contributed by atoms with Crippen LogP contribution in [0.15, 0.2) is 66.9 Å². The number of benzene rings is 2. The fraction of sp³-hybridized carbons (Fsp3) is 0.481. The normalized spacial score (nSPS) is 13.7. The van der Waals surface area contributed by atoms with E-state index >= 15 is 0 Å². The Morgan fingerprint density at radius 1 is 0.906 bits per heavy atom. The minimum absolute atomic E-state index is 0.589. The van der Waals surface area contributed by atoms with Crippen LogP contribution in [0.5, 0.6) is 5.75 Å². The van der Waals surface area contributed by atoms with Crippen LogP contribution in [0.4, 0.5) is 0 Å². The van der Waals surface area contributed by atoms with Gasteiger partial charge in [-0.1, -0.05) is 106 Å². The summed E-state index contributed by atoms with van der Waals surface area (Å²) in [5.41, 5.74) is 4.06. The molecule has 4 nitrogen and oxygen atoms in total.